The first-order valence-electron chi connectivity index (χ1n) is 6.46. The molecule has 1 heterocycles. The highest BCUT2D eigenvalue weighted by Crippen LogP contribution is 2.32. The Balaban J connectivity index is 2.23. The third kappa shape index (κ3) is 2.49. The Hall–Kier alpha value is -1.66. The molecule has 0 N–H and O–H groups in total. The Labute approximate surface area is 124 Å². The Bertz CT molecular complexity index is 909. The molecule has 0 fully saturated rings. The SMILES string of the molecule is Cc1ccc(-c2ccc3c(c2)S(=O)(=O)CCS3(=O)=O)cc1. The molecule has 0 atom stereocenters. The predicted molar refractivity (Wildman–Crippen MR) is 80.7 cm³/mol. The number of benzene rings is 2. The molecule has 2 aromatic carbocycles. The summed E-state index contributed by atoms with van der Waals surface area (Å²) in [7, 11) is -7.03. The monoisotopic (exact) mass is 322 g/mol. The number of aryl methyl sites for hydroxylation is 1. The van der Waals surface area contributed by atoms with Crippen molar-refractivity contribution in [1.29, 1.82) is 0 Å². The molecular formula is C15H14O4S2. The van der Waals surface area contributed by atoms with Crippen LogP contribution in [0, 0.1) is 6.92 Å². The summed E-state index contributed by atoms with van der Waals surface area (Å²) in [4.78, 5) is -0.156. The first kappa shape index (κ1) is 14.3. The van der Waals surface area contributed by atoms with Gasteiger partial charge in [-0.15, -0.1) is 0 Å². The molecule has 0 unspecified atom stereocenters. The second kappa shape index (κ2) is 4.68. The fourth-order valence-electron chi connectivity index (χ4n) is 2.37. The fourth-order valence-corrected chi connectivity index (χ4v) is 6.65. The van der Waals surface area contributed by atoms with Crippen LogP contribution in [0.2, 0.25) is 0 Å². The van der Waals surface area contributed by atoms with Crippen molar-refractivity contribution in [2.45, 2.75) is 16.7 Å². The molecule has 0 aromatic heterocycles. The first-order valence-corrected chi connectivity index (χ1v) is 9.77. The minimum absolute atomic E-state index is 0.0770. The Morgan fingerprint density at radius 3 is 1.86 bits per heavy atom. The van der Waals surface area contributed by atoms with E-state index in [4.69, 9.17) is 0 Å². The van der Waals surface area contributed by atoms with Crippen LogP contribution >= 0.6 is 0 Å². The van der Waals surface area contributed by atoms with E-state index >= 15 is 0 Å². The minimum atomic E-state index is -3.53. The van der Waals surface area contributed by atoms with Gasteiger partial charge in [0.05, 0.1) is 21.3 Å². The highest BCUT2D eigenvalue weighted by molar-refractivity contribution is 7.97. The van der Waals surface area contributed by atoms with Crippen molar-refractivity contribution in [1.82, 2.24) is 0 Å². The lowest BCUT2D eigenvalue weighted by atomic mass is 10.0. The van der Waals surface area contributed by atoms with Gasteiger partial charge in [-0.3, -0.25) is 0 Å². The molecule has 0 bridgehead atoms. The molecule has 0 amide bonds. The van der Waals surface area contributed by atoms with Crippen molar-refractivity contribution in [3.05, 3.63) is 48.0 Å². The molecule has 0 saturated heterocycles. The maximum Gasteiger partial charge on any atom is 0.180 e. The van der Waals surface area contributed by atoms with Crippen molar-refractivity contribution < 1.29 is 16.8 Å². The van der Waals surface area contributed by atoms with Gasteiger partial charge in [-0.2, -0.15) is 0 Å². The van der Waals surface area contributed by atoms with E-state index < -0.39 is 19.7 Å². The van der Waals surface area contributed by atoms with Gasteiger partial charge in [0.25, 0.3) is 0 Å². The molecule has 2 aromatic rings. The standard InChI is InChI=1S/C15H14O4S2/c1-11-2-4-12(5-3-11)13-6-7-14-15(10-13)21(18,19)9-8-20(14,16)17/h2-7,10H,8-9H2,1H3. The number of rotatable bonds is 1. The summed E-state index contributed by atoms with van der Waals surface area (Å²) in [5.41, 5.74) is 2.67. The summed E-state index contributed by atoms with van der Waals surface area (Å²) in [5, 5.41) is 0. The molecule has 21 heavy (non-hydrogen) atoms. The Morgan fingerprint density at radius 2 is 1.24 bits per heavy atom. The van der Waals surface area contributed by atoms with E-state index in [1.54, 1.807) is 6.07 Å². The van der Waals surface area contributed by atoms with Crippen LogP contribution in [0.5, 0.6) is 0 Å². The van der Waals surface area contributed by atoms with Gasteiger partial charge in [0, 0.05) is 0 Å². The van der Waals surface area contributed by atoms with Crippen LogP contribution in [0.4, 0.5) is 0 Å². The molecule has 0 aliphatic carbocycles. The van der Waals surface area contributed by atoms with Crippen molar-refractivity contribution in [2.24, 2.45) is 0 Å². The van der Waals surface area contributed by atoms with E-state index in [-0.39, 0.29) is 21.3 Å². The molecule has 0 spiro atoms. The summed E-state index contributed by atoms with van der Waals surface area (Å²) < 4.78 is 48.2. The largest absolute Gasteiger partial charge is 0.224 e. The van der Waals surface area contributed by atoms with Crippen LogP contribution in [0.25, 0.3) is 11.1 Å². The summed E-state index contributed by atoms with van der Waals surface area (Å²) in [5.74, 6) is -0.689. The average Bonchev–Trinajstić information content (AvgIpc) is 2.45. The third-order valence-electron chi connectivity index (χ3n) is 3.62. The van der Waals surface area contributed by atoms with Crippen molar-refractivity contribution in [2.75, 3.05) is 11.5 Å². The van der Waals surface area contributed by atoms with E-state index in [0.717, 1.165) is 11.1 Å². The summed E-state index contributed by atoms with van der Waals surface area (Å²) in [6, 6.07) is 12.2. The van der Waals surface area contributed by atoms with Gasteiger partial charge in [-0.05, 0) is 30.2 Å². The quantitative estimate of drug-likeness (QED) is 0.807. The normalized spacial score (nSPS) is 18.9. The third-order valence-corrected chi connectivity index (χ3v) is 7.52. The van der Waals surface area contributed by atoms with Gasteiger partial charge < -0.3 is 0 Å². The summed E-state index contributed by atoms with van der Waals surface area (Å²) >= 11 is 0. The van der Waals surface area contributed by atoms with Crippen LogP contribution in [-0.2, 0) is 19.7 Å². The lowest BCUT2D eigenvalue weighted by molar-refractivity contribution is 0.575. The highest BCUT2D eigenvalue weighted by Gasteiger charge is 2.33. The van der Waals surface area contributed by atoms with Gasteiger partial charge in [0.1, 0.15) is 0 Å². The van der Waals surface area contributed by atoms with Crippen molar-refractivity contribution >= 4 is 19.7 Å². The molecule has 1 aliphatic heterocycles. The van der Waals surface area contributed by atoms with Gasteiger partial charge in [-0.1, -0.05) is 35.9 Å². The maximum atomic E-state index is 12.1. The predicted octanol–water partition coefficient (Wildman–Crippen LogP) is 2.22. The van der Waals surface area contributed by atoms with E-state index in [0.29, 0.717) is 5.56 Å². The lowest BCUT2D eigenvalue weighted by Crippen LogP contribution is -2.25. The number of hydrogen-bond acceptors (Lipinski definition) is 4. The molecule has 6 heteroatoms. The topological polar surface area (TPSA) is 68.3 Å². The summed E-state index contributed by atoms with van der Waals surface area (Å²) in [6.07, 6.45) is 0. The van der Waals surface area contributed by atoms with Crippen LogP contribution in [0.15, 0.2) is 52.3 Å². The van der Waals surface area contributed by atoms with Crippen LogP contribution in [0.3, 0.4) is 0 Å². The lowest BCUT2D eigenvalue weighted by Gasteiger charge is -2.17. The molecule has 0 saturated carbocycles. The Morgan fingerprint density at radius 1 is 0.714 bits per heavy atom. The van der Waals surface area contributed by atoms with E-state index in [9.17, 15) is 16.8 Å². The van der Waals surface area contributed by atoms with Crippen molar-refractivity contribution in [3.8, 4) is 11.1 Å². The van der Waals surface area contributed by atoms with Gasteiger partial charge in [0.2, 0.25) is 0 Å². The zero-order valence-electron chi connectivity index (χ0n) is 11.4. The van der Waals surface area contributed by atoms with Crippen LogP contribution in [-0.4, -0.2) is 28.3 Å². The fraction of sp³-hybridized carbons (Fsp3) is 0.200. The van der Waals surface area contributed by atoms with Crippen molar-refractivity contribution in [3.63, 3.8) is 0 Å². The zero-order chi connectivity index (χ0) is 15.3. The van der Waals surface area contributed by atoms with Gasteiger partial charge in [0.15, 0.2) is 19.7 Å². The molecule has 0 radical (unpaired) electrons. The molecular weight excluding hydrogens is 308 g/mol. The molecule has 110 valence electrons. The highest BCUT2D eigenvalue weighted by atomic mass is 32.2. The smallest absolute Gasteiger partial charge is 0.180 e. The van der Waals surface area contributed by atoms with E-state index in [2.05, 4.69) is 0 Å². The molecule has 1 aliphatic rings. The molecule has 3 rings (SSSR count). The first-order chi connectivity index (χ1) is 9.79. The number of hydrogen-bond donors (Lipinski definition) is 0. The average molecular weight is 322 g/mol. The van der Waals surface area contributed by atoms with Crippen LogP contribution in [0.1, 0.15) is 5.56 Å². The number of sulfone groups is 2. The molecule has 4 nitrogen and oxygen atoms in total. The minimum Gasteiger partial charge on any atom is -0.224 e. The van der Waals surface area contributed by atoms with E-state index in [1.807, 2.05) is 31.2 Å². The zero-order valence-corrected chi connectivity index (χ0v) is 13.0. The van der Waals surface area contributed by atoms with Crippen LogP contribution < -0.4 is 0 Å². The second-order valence-corrected chi connectivity index (χ2v) is 9.32. The second-order valence-electron chi connectivity index (χ2n) is 5.17. The van der Waals surface area contributed by atoms with Gasteiger partial charge in [-0.25, -0.2) is 16.8 Å². The summed E-state index contributed by atoms with van der Waals surface area (Å²) in [6.45, 7) is 1.97. The maximum absolute atomic E-state index is 12.1. The van der Waals surface area contributed by atoms with Gasteiger partial charge >= 0.3 is 0 Å². The number of fused-ring (bicyclic) bond motifs is 1. The van der Waals surface area contributed by atoms with E-state index in [1.165, 1.54) is 12.1 Å². The Kier molecular flexibility index (Phi) is 3.18.